The van der Waals surface area contributed by atoms with E-state index in [2.05, 4.69) is 10.3 Å². The van der Waals surface area contributed by atoms with E-state index in [1.54, 1.807) is 30.5 Å². The summed E-state index contributed by atoms with van der Waals surface area (Å²) in [7, 11) is 0. The van der Waals surface area contributed by atoms with Gasteiger partial charge < -0.3 is 10.4 Å². The van der Waals surface area contributed by atoms with Crippen molar-refractivity contribution >= 4 is 11.6 Å². The van der Waals surface area contributed by atoms with Crippen LogP contribution in [-0.4, -0.2) is 16.0 Å². The average molecular weight is 228 g/mol. The molecular formula is C13H12N2O2. The molecule has 0 radical (unpaired) electrons. The van der Waals surface area contributed by atoms with E-state index in [0.29, 0.717) is 11.3 Å². The van der Waals surface area contributed by atoms with Gasteiger partial charge in [0, 0.05) is 23.1 Å². The molecule has 4 nitrogen and oxygen atoms in total. The molecule has 1 heterocycles. The van der Waals surface area contributed by atoms with Crippen molar-refractivity contribution in [3.8, 4) is 5.75 Å². The number of carbonyl (C=O) groups excluding carboxylic acids is 1. The van der Waals surface area contributed by atoms with Crippen LogP contribution >= 0.6 is 0 Å². The summed E-state index contributed by atoms with van der Waals surface area (Å²) in [6, 6.07) is 9.70. The highest BCUT2D eigenvalue weighted by atomic mass is 16.3. The van der Waals surface area contributed by atoms with Crippen molar-refractivity contribution in [1.29, 1.82) is 0 Å². The van der Waals surface area contributed by atoms with Gasteiger partial charge in [0.25, 0.3) is 5.91 Å². The molecule has 0 aliphatic heterocycles. The van der Waals surface area contributed by atoms with Gasteiger partial charge in [-0.05, 0) is 43.3 Å². The average Bonchev–Trinajstić information content (AvgIpc) is 2.32. The largest absolute Gasteiger partial charge is 0.508 e. The molecule has 2 aromatic rings. The monoisotopic (exact) mass is 228 g/mol. The number of hydrogen-bond acceptors (Lipinski definition) is 3. The maximum atomic E-state index is 11.8. The minimum Gasteiger partial charge on any atom is -0.508 e. The fourth-order valence-corrected chi connectivity index (χ4v) is 1.43. The molecule has 0 fully saturated rings. The van der Waals surface area contributed by atoms with Crippen LogP contribution in [0, 0.1) is 6.92 Å². The van der Waals surface area contributed by atoms with Gasteiger partial charge in [-0.3, -0.25) is 9.78 Å². The Morgan fingerprint density at radius 1 is 1.24 bits per heavy atom. The van der Waals surface area contributed by atoms with Crippen molar-refractivity contribution < 1.29 is 9.90 Å². The van der Waals surface area contributed by atoms with Gasteiger partial charge in [-0.25, -0.2) is 0 Å². The molecular weight excluding hydrogens is 216 g/mol. The first-order valence-electron chi connectivity index (χ1n) is 5.18. The summed E-state index contributed by atoms with van der Waals surface area (Å²) in [5.41, 5.74) is 2.00. The molecule has 17 heavy (non-hydrogen) atoms. The number of nitrogens with one attached hydrogen (secondary N) is 1. The van der Waals surface area contributed by atoms with E-state index in [1.165, 1.54) is 12.1 Å². The second kappa shape index (κ2) is 4.65. The van der Waals surface area contributed by atoms with E-state index >= 15 is 0 Å². The third-order valence-corrected chi connectivity index (χ3v) is 2.28. The second-order valence-corrected chi connectivity index (χ2v) is 3.69. The summed E-state index contributed by atoms with van der Waals surface area (Å²) < 4.78 is 0. The molecule has 0 bridgehead atoms. The molecule has 0 spiro atoms. The van der Waals surface area contributed by atoms with Crippen molar-refractivity contribution in [2.24, 2.45) is 0 Å². The Kier molecular flexibility index (Phi) is 3.05. The predicted octanol–water partition coefficient (Wildman–Crippen LogP) is 2.35. The zero-order valence-corrected chi connectivity index (χ0v) is 9.34. The lowest BCUT2D eigenvalue weighted by atomic mass is 10.2. The summed E-state index contributed by atoms with van der Waals surface area (Å²) in [6.45, 7) is 1.83. The number of aryl methyl sites for hydroxylation is 1. The van der Waals surface area contributed by atoms with Gasteiger partial charge in [0.2, 0.25) is 0 Å². The third kappa shape index (κ3) is 2.81. The number of nitrogens with zero attached hydrogens (tertiary/aromatic N) is 1. The van der Waals surface area contributed by atoms with Crippen LogP contribution in [0.5, 0.6) is 5.75 Å². The number of anilines is 1. The highest BCUT2D eigenvalue weighted by Gasteiger charge is 2.06. The standard InChI is InChI=1S/C13H12N2O2/c1-9-8-10(6-7-14-9)13(17)15-11-2-4-12(16)5-3-11/h2-8,16H,1H3,(H,15,17). The van der Waals surface area contributed by atoms with Crippen LogP contribution < -0.4 is 5.32 Å². The molecule has 1 aromatic carbocycles. The van der Waals surface area contributed by atoms with Crippen LogP contribution in [0.2, 0.25) is 0 Å². The van der Waals surface area contributed by atoms with Gasteiger partial charge in [0.1, 0.15) is 5.75 Å². The molecule has 0 aliphatic rings. The molecule has 0 saturated heterocycles. The van der Waals surface area contributed by atoms with Crippen LogP contribution in [0.25, 0.3) is 0 Å². The Labute approximate surface area is 98.9 Å². The normalized spacial score (nSPS) is 9.94. The van der Waals surface area contributed by atoms with E-state index in [9.17, 15) is 4.79 Å². The molecule has 0 atom stereocenters. The molecule has 2 N–H and O–H groups in total. The van der Waals surface area contributed by atoms with Gasteiger partial charge in [0.05, 0.1) is 0 Å². The fourth-order valence-electron chi connectivity index (χ4n) is 1.43. The molecule has 4 heteroatoms. The Hall–Kier alpha value is -2.36. The SMILES string of the molecule is Cc1cc(C(=O)Nc2ccc(O)cc2)ccn1. The quantitative estimate of drug-likeness (QED) is 0.775. The lowest BCUT2D eigenvalue weighted by Gasteiger charge is -2.05. The van der Waals surface area contributed by atoms with Crippen molar-refractivity contribution in [2.75, 3.05) is 5.32 Å². The van der Waals surface area contributed by atoms with Gasteiger partial charge in [-0.2, -0.15) is 0 Å². The Balaban J connectivity index is 2.14. The second-order valence-electron chi connectivity index (χ2n) is 3.69. The minimum atomic E-state index is -0.193. The number of pyridine rings is 1. The van der Waals surface area contributed by atoms with Gasteiger partial charge in [0.15, 0.2) is 0 Å². The molecule has 0 unspecified atom stereocenters. The first-order valence-corrected chi connectivity index (χ1v) is 5.18. The van der Waals surface area contributed by atoms with E-state index in [-0.39, 0.29) is 11.7 Å². The van der Waals surface area contributed by atoms with E-state index in [0.717, 1.165) is 5.69 Å². The summed E-state index contributed by atoms with van der Waals surface area (Å²) in [5, 5.41) is 11.9. The third-order valence-electron chi connectivity index (χ3n) is 2.28. The number of benzene rings is 1. The lowest BCUT2D eigenvalue weighted by Crippen LogP contribution is -2.12. The minimum absolute atomic E-state index is 0.169. The van der Waals surface area contributed by atoms with Gasteiger partial charge in [-0.15, -0.1) is 0 Å². The smallest absolute Gasteiger partial charge is 0.255 e. The molecule has 1 amide bonds. The number of carbonyl (C=O) groups is 1. The van der Waals surface area contributed by atoms with Crippen LogP contribution in [-0.2, 0) is 0 Å². The Morgan fingerprint density at radius 3 is 2.59 bits per heavy atom. The highest BCUT2D eigenvalue weighted by Crippen LogP contribution is 2.14. The molecule has 0 aliphatic carbocycles. The van der Waals surface area contributed by atoms with E-state index < -0.39 is 0 Å². The van der Waals surface area contributed by atoms with Crippen molar-refractivity contribution in [3.05, 3.63) is 53.9 Å². The number of aromatic hydroxyl groups is 1. The molecule has 2 rings (SSSR count). The Bertz CT molecular complexity index is 535. The maximum Gasteiger partial charge on any atom is 0.255 e. The summed E-state index contributed by atoms with van der Waals surface area (Å²) in [4.78, 5) is 15.9. The first kappa shape index (κ1) is 11.1. The predicted molar refractivity (Wildman–Crippen MR) is 65.0 cm³/mol. The van der Waals surface area contributed by atoms with E-state index in [4.69, 9.17) is 5.11 Å². The summed E-state index contributed by atoms with van der Waals surface area (Å²) >= 11 is 0. The Morgan fingerprint density at radius 2 is 1.94 bits per heavy atom. The first-order chi connectivity index (χ1) is 8.15. The lowest BCUT2D eigenvalue weighted by molar-refractivity contribution is 0.102. The number of phenolic OH excluding ortho intramolecular Hbond substituents is 1. The molecule has 1 aromatic heterocycles. The molecule has 86 valence electrons. The van der Waals surface area contributed by atoms with Crippen molar-refractivity contribution in [3.63, 3.8) is 0 Å². The van der Waals surface area contributed by atoms with Crippen LogP contribution in [0.1, 0.15) is 16.1 Å². The zero-order chi connectivity index (χ0) is 12.3. The van der Waals surface area contributed by atoms with Crippen LogP contribution in [0.4, 0.5) is 5.69 Å². The number of aromatic nitrogens is 1. The topological polar surface area (TPSA) is 62.2 Å². The van der Waals surface area contributed by atoms with Gasteiger partial charge in [-0.1, -0.05) is 0 Å². The van der Waals surface area contributed by atoms with Crippen LogP contribution in [0.15, 0.2) is 42.6 Å². The van der Waals surface area contributed by atoms with E-state index in [1.807, 2.05) is 6.92 Å². The zero-order valence-electron chi connectivity index (χ0n) is 9.34. The van der Waals surface area contributed by atoms with Gasteiger partial charge >= 0.3 is 0 Å². The van der Waals surface area contributed by atoms with Crippen LogP contribution in [0.3, 0.4) is 0 Å². The number of phenols is 1. The summed E-state index contributed by atoms with van der Waals surface area (Å²) in [6.07, 6.45) is 1.60. The number of amides is 1. The summed E-state index contributed by atoms with van der Waals surface area (Å²) in [5.74, 6) is -0.0241. The van der Waals surface area contributed by atoms with Crippen molar-refractivity contribution in [2.45, 2.75) is 6.92 Å². The highest BCUT2D eigenvalue weighted by molar-refractivity contribution is 6.04. The van der Waals surface area contributed by atoms with Crippen molar-refractivity contribution in [1.82, 2.24) is 4.98 Å². The number of rotatable bonds is 2. The number of hydrogen-bond donors (Lipinski definition) is 2. The fraction of sp³-hybridized carbons (Fsp3) is 0.0769. The molecule has 0 saturated carbocycles. The maximum absolute atomic E-state index is 11.8.